The number of furan rings is 1. The molecule has 0 bridgehead atoms. The van der Waals surface area contributed by atoms with Crippen molar-refractivity contribution in [3.63, 3.8) is 0 Å². The Kier molecular flexibility index (Phi) is 8.45. The zero-order valence-corrected chi connectivity index (χ0v) is 16.6. The summed E-state index contributed by atoms with van der Waals surface area (Å²) in [5, 5.41) is 16.3. The summed E-state index contributed by atoms with van der Waals surface area (Å²) in [5.74, 6) is 1.79. The maximum absolute atomic E-state index is 9.50. The van der Waals surface area contributed by atoms with Crippen LogP contribution >= 0.6 is 0 Å². The molecule has 1 heterocycles. The molecule has 0 radical (unpaired) electrons. The number of likely N-dealkylation sites (N-methyl/N-ethyl adjacent to an activating group) is 1. The number of aliphatic imine (C=N–C) groups is 1. The van der Waals surface area contributed by atoms with Crippen molar-refractivity contribution in [2.24, 2.45) is 10.4 Å². The first-order valence-corrected chi connectivity index (χ1v) is 9.93. The van der Waals surface area contributed by atoms with Gasteiger partial charge in [0.05, 0.1) is 12.3 Å². The summed E-state index contributed by atoms with van der Waals surface area (Å²) in [6.07, 6.45) is 8.71. The predicted molar refractivity (Wildman–Crippen MR) is 106 cm³/mol. The van der Waals surface area contributed by atoms with Crippen molar-refractivity contribution in [3.05, 3.63) is 24.2 Å². The smallest absolute Gasteiger partial charge is 0.191 e. The number of aliphatic hydroxyl groups excluding tert-OH is 1. The van der Waals surface area contributed by atoms with E-state index in [-0.39, 0.29) is 18.1 Å². The Hall–Kier alpha value is -1.53. The largest absolute Gasteiger partial charge is 0.468 e. The highest BCUT2D eigenvalue weighted by atomic mass is 16.3. The highest BCUT2D eigenvalue weighted by Crippen LogP contribution is 2.39. The van der Waals surface area contributed by atoms with Gasteiger partial charge in [-0.1, -0.05) is 19.3 Å². The van der Waals surface area contributed by atoms with Crippen molar-refractivity contribution in [3.8, 4) is 0 Å². The van der Waals surface area contributed by atoms with E-state index in [0.29, 0.717) is 0 Å². The molecule has 0 aromatic carbocycles. The Morgan fingerprint density at radius 1 is 1.31 bits per heavy atom. The molecule has 1 aliphatic carbocycles. The fraction of sp³-hybridized carbons (Fsp3) is 0.750. The van der Waals surface area contributed by atoms with Crippen LogP contribution in [0.15, 0.2) is 27.8 Å². The molecule has 1 atom stereocenters. The first-order chi connectivity index (χ1) is 12.6. The summed E-state index contributed by atoms with van der Waals surface area (Å²) in [6, 6.07) is 4.08. The monoisotopic (exact) mass is 364 g/mol. The Labute approximate surface area is 158 Å². The lowest BCUT2D eigenvalue weighted by atomic mass is 9.72. The summed E-state index contributed by atoms with van der Waals surface area (Å²) < 4.78 is 5.58. The van der Waals surface area contributed by atoms with Crippen LogP contribution in [0.5, 0.6) is 0 Å². The normalized spacial score (nSPS) is 18.7. The lowest BCUT2D eigenvalue weighted by Gasteiger charge is -2.36. The van der Waals surface area contributed by atoms with E-state index in [1.165, 1.54) is 32.1 Å². The van der Waals surface area contributed by atoms with E-state index in [2.05, 4.69) is 36.6 Å². The molecule has 1 aromatic heterocycles. The zero-order valence-electron chi connectivity index (χ0n) is 16.6. The van der Waals surface area contributed by atoms with E-state index in [4.69, 9.17) is 9.41 Å². The van der Waals surface area contributed by atoms with Gasteiger partial charge in [-0.05, 0) is 57.8 Å². The SMILES string of the molecule is CCNC(=NCC1(CCO)CCCCC1)NCC(c1ccco1)N(C)C. The van der Waals surface area contributed by atoms with Crippen LogP contribution in [0, 0.1) is 5.41 Å². The Morgan fingerprint density at radius 2 is 2.08 bits per heavy atom. The number of nitrogens with one attached hydrogen (secondary N) is 2. The van der Waals surface area contributed by atoms with Crippen LogP contribution in [0.3, 0.4) is 0 Å². The Bertz CT molecular complexity index is 516. The highest BCUT2D eigenvalue weighted by molar-refractivity contribution is 5.79. The molecular formula is C20H36N4O2. The van der Waals surface area contributed by atoms with E-state index in [1.807, 2.05) is 12.1 Å². The summed E-state index contributed by atoms with van der Waals surface area (Å²) in [5.41, 5.74) is 0.164. The second-order valence-electron chi connectivity index (χ2n) is 7.61. The topological polar surface area (TPSA) is 73.0 Å². The summed E-state index contributed by atoms with van der Waals surface area (Å²) in [7, 11) is 4.11. The van der Waals surface area contributed by atoms with Crippen molar-refractivity contribution in [1.82, 2.24) is 15.5 Å². The molecule has 1 unspecified atom stereocenters. The van der Waals surface area contributed by atoms with Gasteiger partial charge >= 0.3 is 0 Å². The molecule has 6 heteroatoms. The lowest BCUT2D eigenvalue weighted by molar-refractivity contribution is 0.137. The summed E-state index contributed by atoms with van der Waals surface area (Å²) in [4.78, 5) is 7.02. The van der Waals surface area contributed by atoms with Gasteiger partial charge in [0.25, 0.3) is 0 Å². The second kappa shape index (κ2) is 10.6. The molecule has 1 aromatic rings. The van der Waals surface area contributed by atoms with Gasteiger partial charge in [-0.3, -0.25) is 9.89 Å². The molecule has 0 saturated heterocycles. The van der Waals surface area contributed by atoms with Gasteiger partial charge in [-0.25, -0.2) is 0 Å². The first-order valence-electron chi connectivity index (χ1n) is 9.93. The minimum Gasteiger partial charge on any atom is -0.468 e. The van der Waals surface area contributed by atoms with Crippen LogP contribution in [0.4, 0.5) is 0 Å². The fourth-order valence-electron chi connectivity index (χ4n) is 3.83. The van der Waals surface area contributed by atoms with Crippen molar-refractivity contribution in [2.45, 2.75) is 51.5 Å². The third-order valence-corrected chi connectivity index (χ3v) is 5.43. The van der Waals surface area contributed by atoms with Gasteiger partial charge in [0.15, 0.2) is 5.96 Å². The quantitative estimate of drug-likeness (QED) is 0.464. The number of rotatable bonds is 9. The number of nitrogens with zero attached hydrogens (tertiary/aromatic N) is 2. The molecule has 0 aliphatic heterocycles. The van der Waals surface area contributed by atoms with Crippen molar-refractivity contribution in [2.75, 3.05) is 40.3 Å². The minimum atomic E-state index is 0.148. The molecule has 6 nitrogen and oxygen atoms in total. The predicted octanol–water partition coefficient (Wildman–Crippen LogP) is 2.77. The van der Waals surface area contributed by atoms with Crippen LogP contribution in [-0.4, -0.2) is 56.3 Å². The van der Waals surface area contributed by atoms with Crippen molar-refractivity contribution < 1.29 is 9.52 Å². The second-order valence-corrected chi connectivity index (χ2v) is 7.61. The molecule has 0 amide bonds. The molecule has 3 N–H and O–H groups in total. The average molecular weight is 365 g/mol. The van der Waals surface area contributed by atoms with Crippen LogP contribution in [0.2, 0.25) is 0 Å². The van der Waals surface area contributed by atoms with Crippen molar-refractivity contribution in [1.29, 1.82) is 0 Å². The molecule has 1 aliphatic rings. The molecule has 1 fully saturated rings. The van der Waals surface area contributed by atoms with Gasteiger partial charge < -0.3 is 20.2 Å². The van der Waals surface area contributed by atoms with Gasteiger partial charge in [0, 0.05) is 26.2 Å². The summed E-state index contributed by atoms with van der Waals surface area (Å²) >= 11 is 0. The van der Waals surface area contributed by atoms with Crippen molar-refractivity contribution >= 4 is 5.96 Å². The lowest BCUT2D eigenvalue weighted by Crippen LogP contribution is -2.42. The molecule has 1 saturated carbocycles. The van der Waals surface area contributed by atoms with E-state index in [1.54, 1.807) is 6.26 Å². The number of guanidine groups is 1. The Morgan fingerprint density at radius 3 is 2.65 bits per heavy atom. The maximum Gasteiger partial charge on any atom is 0.191 e. The van der Waals surface area contributed by atoms with Crippen LogP contribution in [-0.2, 0) is 0 Å². The number of hydrogen-bond acceptors (Lipinski definition) is 4. The zero-order chi connectivity index (χ0) is 18.8. The van der Waals surface area contributed by atoms with Gasteiger partial charge in [0.1, 0.15) is 5.76 Å². The fourth-order valence-corrected chi connectivity index (χ4v) is 3.83. The molecular weight excluding hydrogens is 328 g/mol. The third kappa shape index (κ3) is 6.02. The molecule has 148 valence electrons. The van der Waals surface area contributed by atoms with Crippen LogP contribution < -0.4 is 10.6 Å². The van der Waals surface area contributed by atoms with Crippen LogP contribution in [0.25, 0.3) is 0 Å². The standard InChI is InChI=1S/C20H36N4O2/c1-4-21-19(22-15-17(24(2)3)18-9-8-14-26-18)23-16-20(12-13-25)10-6-5-7-11-20/h8-9,14,17,25H,4-7,10-13,15-16H2,1-3H3,(H2,21,22,23). The third-order valence-electron chi connectivity index (χ3n) is 5.43. The van der Waals surface area contributed by atoms with E-state index in [9.17, 15) is 5.11 Å². The molecule has 2 rings (SSSR count). The highest BCUT2D eigenvalue weighted by Gasteiger charge is 2.31. The van der Waals surface area contributed by atoms with E-state index < -0.39 is 0 Å². The number of hydrogen-bond donors (Lipinski definition) is 3. The van der Waals surface area contributed by atoms with Gasteiger partial charge in [0.2, 0.25) is 0 Å². The van der Waals surface area contributed by atoms with Crippen LogP contribution in [0.1, 0.15) is 57.3 Å². The minimum absolute atomic E-state index is 0.148. The maximum atomic E-state index is 9.50. The van der Waals surface area contributed by atoms with Gasteiger partial charge in [-0.2, -0.15) is 0 Å². The van der Waals surface area contributed by atoms with E-state index in [0.717, 1.165) is 37.8 Å². The van der Waals surface area contributed by atoms with Gasteiger partial charge in [-0.15, -0.1) is 0 Å². The first kappa shape index (κ1) is 20.8. The number of aliphatic hydroxyl groups is 1. The Balaban J connectivity index is 2.00. The summed E-state index contributed by atoms with van der Waals surface area (Å²) in [6.45, 7) is 4.65. The average Bonchev–Trinajstić information content (AvgIpc) is 3.15. The molecule has 0 spiro atoms. The van der Waals surface area contributed by atoms with E-state index >= 15 is 0 Å². The molecule has 26 heavy (non-hydrogen) atoms.